The first-order valence-corrected chi connectivity index (χ1v) is 5.65. The summed E-state index contributed by atoms with van der Waals surface area (Å²) < 4.78 is 4.59. The highest BCUT2D eigenvalue weighted by atomic mass is 16.5. The second kappa shape index (κ2) is 6.53. The Hall–Kier alpha value is -2.37. The predicted molar refractivity (Wildman–Crippen MR) is 67.8 cm³/mol. The van der Waals surface area contributed by atoms with Crippen molar-refractivity contribution in [3.05, 3.63) is 29.8 Å². The van der Waals surface area contributed by atoms with Gasteiger partial charge in [0.15, 0.2) is 0 Å². The number of carboxylic acid groups (broad SMARTS) is 1. The van der Waals surface area contributed by atoms with E-state index >= 15 is 0 Å². The lowest BCUT2D eigenvalue weighted by Gasteiger charge is -2.10. The van der Waals surface area contributed by atoms with Gasteiger partial charge in [0.25, 0.3) is 0 Å². The van der Waals surface area contributed by atoms with Crippen LogP contribution in [0.3, 0.4) is 0 Å². The fourth-order valence-corrected chi connectivity index (χ4v) is 1.45. The Kier molecular flexibility index (Phi) is 5.05. The number of amides is 1. The molecular formula is C13H15NO5. The van der Waals surface area contributed by atoms with Gasteiger partial charge in [0.1, 0.15) is 0 Å². The van der Waals surface area contributed by atoms with Crippen LogP contribution in [0.4, 0.5) is 5.69 Å². The summed E-state index contributed by atoms with van der Waals surface area (Å²) in [6.45, 7) is 1.44. The largest absolute Gasteiger partial charge is 0.481 e. The number of nitrogens with one attached hydrogen (secondary N) is 1. The van der Waals surface area contributed by atoms with Crippen LogP contribution in [0, 0.1) is 5.92 Å². The van der Waals surface area contributed by atoms with Crippen LogP contribution in [0.2, 0.25) is 0 Å². The van der Waals surface area contributed by atoms with E-state index < -0.39 is 23.8 Å². The maximum absolute atomic E-state index is 11.7. The fourth-order valence-electron chi connectivity index (χ4n) is 1.45. The van der Waals surface area contributed by atoms with E-state index in [4.69, 9.17) is 5.11 Å². The van der Waals surface area contributed by atoms with Crippen LogP contribution in [0.25, 0.3) is 0 Å². The number of methoxy groups -OCH3 is 1. The molecule has 0 saturated heterocycles. The smallest absolute Gasteiger partial charge is 0.339 e. The van der Waals surface area contributed by atoms with Crippen LogP contribution >= 0.6 is 0 Å². The topological polar surface area (TPSA) is 92.7 Å². The monoisotopic (exact) mass is 265 g/mol. The molecule has 1 unspecified atom stereocenters. The van der Waals surface area contributed by atoms with Gasteiger partial charge in [0, 0.05) is 6.42 Å². The molecule has 1 atom stereocenters. The Labute approximate surface area is 110 Å². The highest BCUT2D eigenvalue weighted by molar-refractivity contribution is 6.01. The maximum atomic E-state index is 11.7. The number of para-hydroxylation sites is 1. The SMILES string of the molecule is COC(=O)c1ccccc1NC(=O)CC(C)C(=O)O. The first-order chi connectivity index (χ1) is 8.95. The molecule has 6 heteroatoms. The molecule has 2 N–H and O–H groups in total. The van der Waals surface area contributed by atoms with Gasteiger partial charge in [-0.05, 0) is 12.1 Å². The zero-order valence-corrected chi connectivity index (χ0v) is 10.7. The highest BCUT2D eigenvalue weighted by Crippen LogP contribution is 2.17. The van der Waals surface area contributed by atoms with Gasteiger partial charge in [-0.2, -0.15) is 0 Å². The summed E-state index contributed by atoms with van der Waals surface area (Å²) in [6.07, 6.45) is -0.162. The summed E-state index contributed by atoms with van der Waals surface area (Å²) in [5, 5.41) is 11.2. The summed E-state index contributed by atoms with van der Waals surface area (Å²) in [5.74, 6) is -2.87. The number of carbonyl (C=O) groups excluding carboxylic acids is 2. The van der Waals surface area contributed by atoms with Crippen LogP contribution in [0.1, 0.15) is 23.7 Å². The van der Waals surface area contributed by atoms with Crippen molar-refractivity contribution in [2.75, 3.05) is 12.4 Å². The Bertz CT molecular complexity index is 498. The molecule has 0 spiro atoms. The quantitative estimate of drug-likeness (QED) is 0.787. The zero-order chi connectivity index (χ0) is 14.4. The molecule has 1 aromatic rings. The molecule has 0 bridgehead atoms. The van der Waals surface area contributed by atoms with Crippen molar-refractivity contribution in [1.29, 1.82) is 0 Å². The summed E-state index contributed by atoms with van der Waals surface area (Å²) in [6, 6.07) is 6.36. The van der Waals surface area contributed by atoms with Gasteiger partial charge in [-0.15, -0.1) is 0 Å². The molecule has 0 heterocycles. The van der Waals surface area contributed by atoms with Gasteiger partial charge < -0.3 is 15.2 Å². The molecule has 0 radical (unpaired) electrons. The second-order valence-electron chi connectivity index (χ2n) is 4.03. The van der Waals surface area contributed by atoms with Crippen molar-refractivity contribution >= 4 is 23.5 Å². The average Bonchev–Trinajstić information content (AvgIpc) is 2.38. The van der Waals surface area contributed by atoms with E-state index in [0.717, 1.165) is 0 Å². The minimum Gasteiger partial charge on any atom is -0.481 e. The number of anilines is 1. The number of hydrogen-bond donors (Lipinski definition) is 2. The van der Waals surface area contributed by atoms with E-state index in [1.165, 1.54) is 20.1 Å². The van der Waals surface area contributed by atoms with Crippen molar-refractivity contribution in [3.8, 4) is 0 Å². The number of carboxylic acids is 1. The maximum Gasteiger partial charge on any atom is 0.339 e. The van der Waals surface area contributed by atoms with Crippen LogP contribution < -0.4 is 5.32 Å². The van der Waals surface area contributed by atoms with E-state index in [1.807, 2.05) is 0 Å². The number of rotatable bonds is 5. The second-order valence-corrected chi connectivity index (χ2v) is 4.03. The summed E-state index contributed by atoms with van der Waals surface area (Å²) >= 11 is 0. The first kappa shape index (κ1) is 14.7. The molecule has 0 aliphatic heterocycles. The Morgan fingerprint density at radius 3 is 2.53 bits per heavy atom. The molecule has 0 aromatic heterocycles. The van der Waals surface area contributed by atoms with Gasteiger partial charge in [0.2, 0.25) is 5.91 Å². The third-order valence-electron chi connectivity index (χ3n) is 2.52. The van der Waals surface area contributed by atoms with E-state index in [2.05, 4.69) is 10.1 Å². The summed E-state index contributed by atoms with van der Waals surface area (Å²) in [7, 11) is 1.24. The van der Waals surface area contributed by atoms with Crippen LogP contribution in [-0.4, -0.2) is 30.1 Å². The van der Waals surface area contributed by atoms with E-state index in [0.29, 0.717) is 5.69 Å². The zero-order valence-electron chi connectivity index (χ0n) is 10.7. The molecule has 1 amide bonds. The van der Waals surface area contributed by atoms with Crippen molar-refractivity contribution in [2.45, 2.75) is 13.3 Å². The highest BCUT2D eigenvalue weighted by Gasteiger charge is 2.18. The third-order valence-corrected chi connectivity index (χ3v) is 2.52. The van der Waals surface area contributed by atoms with Crippen molar-refractivity contribution in [2.24, 2.45) is 5.92 Å². The number of carbonyl (C=O) groups is 3. The fraction of sp³-hybridized carbons (Fsp3) is 0.308. The number of ether oxygens (including phenoxy) is 1. The normalized spacial score (nSPS) is 11.5. The molecule has 0 fully saturated rings. The van der Waals surface area contributed by atoms with E-state index in [-0.39, 0.29) is 12.0 Å². The Balaban J connectivity index is 2.80. The standard InChI is InChI=1S/C13H15NO5/c1-8(12(16)17)7-11(15)14-10-6-4-3-5-9(10)13(18)19-2/h3-6,8H,7H2,1-2H3,(H,14,15)(H,16,17). The number of hydrogen-bond acceptors (Lipinski definition) is 4. The molecule has 1 aromatic carbocycles. The first-order valence-electron chi connectivity index (χ1n) is 5.65. The molecule has 0 saturated carbocycles. The van der Waals surface area contributed by atoms with Crippen molar-refractivity contribution in [3.63, 3.8) is 0 Å². The van der Waals surface area contributed by atoms with Crippen molar-refractivity contribution in [1.82, 2.24) is 0 Å². The van der Waals surface area contributed by atoms with E-state index in [1.54, 1.807) is 18.2 Å². The van der Waals surface area contributed by atoms with Crippen LogP contribution in [0.5, 0.6) is 0 Å². The molecule has 102 valence electrons. The van der Waals surface area contributed by atoms with Gasteiger partial charge in [-0.3, -0.25) is 9.59 Å². The van der Waals surface area contributed by atoms with Gasteiger partial charge in [-0.25, -0.2) is 4.79 Å². The number of esters is 1. The molecule has 19 heavy (non-hydrogen) atoms. The predicted octanol–water partition coefficient (Wildman–Crippen LogP) is 1.52. The molecule has 0 aliphatic rings. The number of benzene rings is 1. The molecule has 1 rings (SSSR count). The average molecular weight is 265 g/mol. The molecule has 6 nitrogen and oxygen atoms in total. The summed E-state index contributed by atoms with van der Waals surface area (Å²) in [4.78, 5) is 33.8. The Morgan fingerprint density at radius 2 is 1.95 bits per heavy atom. The lowest BCUT2D eigenvalue weighted by molar-refractivity contribution is -0.142. The lowest BCUT2D eigenvalue weighted by atomic mass is 10.1. The molecular weight excluding hydrogens is 250 g/mol. The Morgan fingerprint density at radius 1 is 1.32 bits per heavy atom. The lowest BCUT2D eigenvalue weighted by Crippen LogP contribution is -2.21. The number of aliphatic carboxylic acids is 1. The van der Waals surface area contributed by atoms with Gasteiger partial charge in [0.05, 0.1) is 24.3 Å². The third kappa shape index (κ3) is 4.09. The van der Waals surface area contributed by atoms with Crippen LogP contribution in [-0.2, 0) is 14.3 Å². The minimum atomic E-state index is -1.04. The van der Waals surface area contributed by atoms with E-state index in [9.17, 15) is 14.4 Å². The van der Waals surface area contributed by atoms with Gasteiger partial charge in [-0.1, -0.05) is 19.1 Å². The van der Waals surface area contributed by atoms with Gasteiger partial charge >= 0.3 is 11.9 Å². The summed E-state index contributed by atoms with van der Waals surface area (Å²) in [5.41, 5.74) is 0.526. The van der Waals surface area contributed by atoms with Crippen molar-refractivity contribution < 1.29 is 24.2 Å². The molecule has 0 aliphatic carbocycles. The van der Waals surface area contributed by atoms with Crippen LogP contribution in [0.15, 0.2) is 24.3 Å². The minimum absolute atomic E-state index is 0.162.